The zero-order valence-corrected chi connectivity index (χ0v) is 12.2. The molecule has 1 saturated heterocycles. The lowest BCUT2D eigenvalue weighted by Crippen LogP contribution is -2.51. The van der Waals surface area contributed by atoms with Gasteiger partial charge in [-0.2, -0.15) is 5.10 Å². The molecule has 1 aromatic carbocycles. The van der Waals surface area contributed by atoms with Gasteiger partial charge in [0.1, 0.15) is 0 Å². The Hall–Kier alpha value is -2.14. The van der Waals surface area contributed by atoms with E-state index in [1.807, 2.05) is 46.1 Å². The summed E-state index contributed by atoms with van der Waals surface area (Å²) in [4.78, 5) is 14.4. The molecule has 110 valence electrons. The van der Waals surface area contributed by atoms with Crippen molar-refractivity contribution in [2.24, 2.45) is 0 Å². The summed E-state index contributed by atoms with van der Waals surface area (Å²) in [7, 11) is 0. The third-order valence-electron chi connectivity index (χ3n) is 3.76. The average molecular weight is 284 g/mol. The fraction of sp³-hybridized carbons (Fsp3) is 0.375. The topological polar surface area (TPSA) is 50.2 Å². The Morgan fingerprint density at radius 2 is 2.19 bits per heavy atom. The number of amides is 1. The van der Waals surface area contributed by atoms with Crippen LogP contribution < -0.4 is 5.32 Å². The van der Waals surface area contributed by atoms with Gasteiger partial charge in [-0.1, -0.05) is 12.1 Å². The van der Waals surface area contributed by atoms with E-state index in [0.717, 1.165) is 37.3 Å². The Kier molecular flexibility index (Phi) is 4.01. The summed E-state index contributed by atoms with van der Waals surface area (Å²) in [5.41, 5.74) is 1.90. The van der Waals surface area contributed by atoms with Crippen LogP contribution in [0.5, 0.6) is 0 Å². The first-order valence-corrected chi connectivity index (χ1v) is 7.31. The molecule has 0 bridgehead atoms. The quantitative estimate of drug-likeness (QED) is 0.926. The maximum Gasteiger partial charge on any atom is 0.253 e. The fourth-order valence-corrected chi connectivity index (χ4v) is 2.63. The molecule has 1 aliphatic heterocycles. The van der Waals surface area contributed by atoms with Gasteiger partial charge in [-0.3, -0.25) is 9.48 Å². The number of piperazine rings is 1. The first-order valence-electron chi connectivity index (χ1n) is 7.31. The summed E-state index contributed by atoms with van der Waals surface area (Å²) in [5, 5.41) is 7.53. The van der Waals surface area contributed by atoms with E-state index < -0.39 is 0 Å². The molecule has 1 amide bonds. The van der Waals surface area contributed by atoms with E-state index in [1.54, 1.807) is 6.20 Å². The van der Waals surface area contributed by atoms with Crippen LogP contribution in [0.2, 0.25) is 0 Å². The highest BCUT2D eigenvalue weighted by atomic mass is 16.2. The van der Waals surface area contributed by atoms with E-state index in [9.17, 15) is 4.79 Å². The summed E-state index contributed by atoms with van der Waals surface area (Å²) in [6.45, 7) is 5.25. The summed E-state index contributed by atoms with van der Waals surface area (Å²) in [5.74, 6) is 0.119. The van der Waals surface area contributed by atoms with Gasteiger partial charge in [0.25, 0.3) is 5.91 Å². The van der Waals surface area contributed by atoms with Gasteiger partial charge in [-0.15, -0.1) is 0 Å². The SMILES string of the molecule is CC1CN(C(=O)c2ccc(Cn3cccn3)cc2)CCN1. The smallest absolute Gasteiger partial charge is 0.253 e. The van der Waals surface area contributed by atoms with Crippen molar-refractivity contribution >= 4 is 5.91 Å². The lowest BCUT2D eigenvalue weighted by molar-refractivity contribution is 0.0709. The normalized spacial score (nSPS) is 18.7. The molecule has 1 aromatic heterocycles. The van der Waals surface area contributed by atoms with Gasteiger partial charge in [0.05, 0.1) is 6.54 Å². The lowest BCUT2D eigenvalue weighted by Gasteiger charge is -2.32. The van der Waals surface area contributed by atoms with Crippen molar-refractivity contribution in [3.05, 3.63) is 53.9 Å². The number of nitrogens with one attached hydrogen (secondary N) is 1. The minimum Gasteiger partial charge on any atom is -0.336 e. The number of rotatable bonds is 3. The van der Waals surface area contributed by atoms with Crippen molar-refractivity contribution in [1.82, 2.24) is 20.0 Å². The molecule has 1 aliphatic rings. The van der Waals surface area contributed by atoms with E-state index in [4.69, 9.17) is 0 Å². The van der Waals surface area contributed by atoms with Crippen LogP contribution in [0.1, 0.15) is 22.8 Å². The maximum absolute atomic E-state index is 12.5. The highest BCUT2D eigenvalue weighted by Gasteiger charge is 2.21. The van der Waals surface area contributed by atoms with Crippen LogP contribution in [-0.2, 0) is 6.54 Å². The van der Waals surface area contributed by atoms with Crippen LogP contribution in [0.25, 0.3) is 0 Å². The molecule has 5 heteroatoms. The molecule has 0 saturated carbocycles. The maximum atomic E-state index is 12.5. The summed E-state index contributed by atoms with van der Waals surface area (Å²) >= 11 is 0. The second-order valence-corrected chi connectivity index (χ2v) is 5.51. The van der Waals surface area contributed by atoms with Crippen LogP contribution in [0.3, 0.4) is 0 Å². The van der Waals surface area contributed by atoms with E-state index in [0.29, 0.717) is 6.04 Å². The lowest BCUT2D eigenvalue weighted by atomic mass is 10.1. The summed E-state index contributed by atoms with van der Waals surface area (Å²) in [6.07, 6.45) is 3.70. The van der Waals surface area contributed by atoms with Crippen molar-refractivity contribution in [2.45, 2.75) is 19.5 Å². The predicted molar refractivity (Wildman–Crippen MR) is 81.1 cm³/mol. The molecule has 1 atom stereocenters. The van der Waals surface area contributed by atoms with E-state index in [-0.39, 0.29) is 5.91 Å². The zero-order chi connectivity index (χ0) is 14.7. The Balaban J connectivity index is 1.67. The van der Waals surface area contributed by atoms with E-state index >= 15 is 0 Å². The molecular weight excluding hydrogens is 264 g/mol. The van der Waals surface area contributed by atoms with Crippen LogP contribution in [-0.4, -0.2) is 46.3 Å². The van der Waals surface area contributed by atoms with E-state index in [2.05, 4.69) is 17.3 Å². The van der Waals surface area contributed by atoms with Crippen LogP contribution in [0.4, 0.5) is 0 Å². The van der Waals surface area contributed by atoms with Gasteiger partial charge in [0.15, 0.2) is 0 Å². The number of hydrogen-bond acceptors (Lipinski definition) is 3. The molecule has 2 heterocycles. The minimum absolute atomic E-state index is 0.119. The molecule has 1 N–H and O–H groups in total. The van der Waals surface area contributed by atoms with Crippen LogP contribution >= 0.6 is 0 Å². The summed E-state index contributed by atoms with van der Waals surface area (Å²) in [6, 6.07) is 10.1. The fourth-order valence-electron chi connectivity index (χ4n) is 2.63. The highest BCUT2D eigenvalue weighted by Crippen LogP contribution is 2.10. The van der Waals surface area contributed by atoms with Gasteiger partial charge in [0, 0.05) is 43.6 Å². The van der Waals surface area contributed by atoms with Gasteiger partial charge >= 0.3 is 0 Å². The van der Waals surface area contributed by atoms with Gasteiger partial charge in [-0.05, 0) is 30.7 Å². The molecule has 21 heavy (non-hydrogen) atoms. The number of nitrogens with zero attached hydrogens (tertiary/aromatic N) is 3. The zero-order valence-electron chi connectivity index (χ0n) is 12.2. The first kappa shape index (κ1) is 13.8. The molecule has 0 spiro atoms. The van der Waals surface area contributed by atoms with Crippen molar-refractivity contribution < 1.29 is 4.79 Å². The molecule has 5 nitrogen and oxygen atoms in total. The molecule has 2 aromatic rings. The monoisotopic (exact) mass is 284 g/mol. The summed E-state index contributed by atoms with van der Waals surface area (Å²) < 4.78 is 1.87. The molecular formula is C16H20N4O. The molecule has 1 unspecified atom stereocenters. The van der Waals surface area contributed by atoms with Crippen molar-refractivity contribution in [1.29, 1.82) is 0 Å². The number of carbonyl (C=O) groups is 1. The molecule has 3 rings (SSSR count). The standard InChI is InChI=1S/C16H20N4O/c1-13-11-19(10-8-17-13)16(21)15-5-3-14(4-6-15)12-20-9-2-7-18-20/h2-7,9,13,17H,8,10-12H2,1H3. The van der Waals surface area contributed by atoms with Crippen LogP contribution in [0.15, 0.2) is 42.7 Å². The Bertz CT molecular complexity index is 591. The predicted octanol–water partition coefficient (Wildman–Crippen LogP) is 1.37. The van der Waals surface area contributed by atoms with E-state index in [1.165, 1.54) is 0 Å². The highest BCUT2D eigenvalue weighted by molar-refractivity contribution is 5.94. The Morgan fingerprint density at radius 1 is 1.38 bits per heavy atom. The third-order valence-corrected chi connectivity index (χ3v) is 3.76. The second kappa shape index (κ2) is 6.10. The largest absolute Gasteiger partial charge is 0.336 e. The number of carbonyl (C=O) groups excluding carboxylic acids is 1. The molecule has 0 aliphatic carbocycles. The van der Waals surface area contributed by atoms with Gasteiger partial charge in [-0.25, -0.2) is 0 Å². The number of hydrogen-bond donors (Lipinski definition) is 1. The molecule has 0 radical (unpaired) electrons. The number of benzene rings is 1. The minimum atomic E-state index is 0.119. The average Bonchev–Trinajstić information content (AvgIpc) is 3.00. The Labute approximate surface area is 124 Å². The van der Waals surface area contributed by atoms with Crippen molar-refractivity contribution in [2.75, 3.05) is 19.6 Å². The third kappa shape index (κ3) is 3.31. The van der Waals surface area contributed by atoms with Crippen molar-refractivity contribution in [3.63, 3.8) is 0 Å². The number of aromatic nitrogens is 2. The molecule has 1 fully saturated rings. The Morgan fingerprint density at radius 3 is 2.86 bits per heavy atom. The van der Waals surface area contributed by atoms with Crippen molar-refractivity contribution in [3.8, 4) is 0 Å². The van der Waals surface area contributed by atoms with Crippen LogP contribution in [0, 0.1) is 0 Å². The van der Waals surface area contributed by atoms with Gasteiger partial charge in [0.2, 0.25) is 0 Å². The van der Waals surface area contributed by atoms with Gasteiger partial charge < -0.3 is 10.2 Å². The second-order valence-electron chi connectivity index (χ2n) is 5.51. The first-order chi connectivity index (χ1) is 10.2.